The van der Waals surface area contributed by atoms with Crippen molar-refractivity contribution < 1.29 is 4.42 Å². The van der Waals surface area contributed by atoms with Crippen molar-refractivity contribution in [3.05, 3.63) is 176 Å². The summed E-state index contributed by atoms with van der Waals surface area (Å²) in [6.07, 6.45) is 0. The Bertz CT molecular complexity index is 2770. The summed E-state index contributed by atoms with van der Waals surface area (Å²) < 4.78 is 6.62. The average Bonchev–Trinajstić information content (AvgIpc) is 3.67. The molecule has 2 heterocycles. The minimum atomic E-state index is -2.08. The van der Waals surface area contributed by atoms with Crippen molar-refractivity contribution in [1.82, 2.24) is 0 Å². The van der Waals surface area contributed by atoms with Gasteiger partial charge in [-0.15, -0.1) is 0 Å². The Labute approximate surface area is 298 Å². The van der Waals surface area contributed by atoms with Gasteiger partial charge in [0, 0.05) is 33.3 Å². The predicted molar refractivity (Wildman–Crippen MR) is 219 cm³/mol. The van der Waals surface area contributed by atoms with Gasteiger partial charge >= 0.3 is 0 Å². The summed E-state index contributed by atoms with van der Waals surface area (Å²) in [5.41, 5.74) is 12.8. The predicted octanol–water partition coefficient (Wildman–Crippen LogP) is 12.3. The molecule has 1 aliphatic heterocycles. The average molecular weight is 670 g/mol. The molecule has 0 aliphatic carbocycles. The smallest absolute Gasteiger partial charge is 0.143 e. The number of para-hydroxylation sites is 2. The summed E-state index contributed by atoms with van der Waals surface area (Å²) in [5, 5.41) is 7.74. The molecular weight excluding hydrogens is 635 g/mol. The summed E-state index contributed by atoms with van der Waals surface area (Å²) in [7, 11) is -2.08. The molecule has 0 bridgehead atoms. The number of benzene rings is 8. The van der Waals surface area contributed by atoms with Crippen LogP contribution >= 0.6 is 0 Å². The van der Waals surface area contributed by atoms with Crippen LogP contribution in [-0.4, -0.2) is 8.07 Å². The quantitative estimate of drug-likeness (QED) is 0.170. The van der Waals surface area contributed by atoms with Crippen molar-refractivity contribution in [3.63, 3.8) is 0 Å². The Kier molecular flexibility index (Phi) is 6.67. The van der Waals surface area contributed by atoms with E-state index in [0.29, 0.717) is 0 Å². The molecule has 1 aliphatic rings. The molecule has 0 amide bonds. The summed E-state index contributed by atoms with van der Waals surface area (Å²) in [5.74, 6) is 0. The van der Waals surface area contributed by atoms with E-state index in [4.69, 9.17) is 4.42 Å². The van der Waals surface area contributed by atoms with Gasteiger partial charge in [-0.25, -0.2) is 0 Å². The fourth-order valence-corrected chi connectivity index (χ4v) is 11.4. The van der Waals surface area contributed by atoms with E-state index in [9.17, 15) is 0 Å². The number of anilines is 3. The number of nitrogens with zero attached hydrogens (tertiary/aromatic N) is 1. The highest BCUT2D eigenvalue weighted by molar-refractivity contribution is 7.04. The third-order valence-electron chi connectivity index (χ3n) is 10.9. The molecule has 2 nitrogen and oxygen atoms in total. The second-order valence-corrected chi connectivity index (χ2v) is 18.4. The maximum Gasteiger partial charge on any atom is 0.143 e. The molecule has 0 radical (unpaired) electrons. The first-order chi connectivity index (χ1) is 25.1. The second-order valence-electron chi connectivity index (χ2n) is 14.1. The Morgan fingerprint density at radius 1 is 0.451 bits per heavy atom. The molecule has 0 fully saturated rings. The van der Waals surface area contributed by atoms with E-state index in [1.54, 1.807) is 0 Å². The number of fused-ring (bicyclic) bond motifs is 8. The number of furan rings is 1. The molecule has 10 rings (SSSR count). The molecule has 1 aromatic heterocycles. The fraction of sp³-hybridized carbons (Fsp3) is 0.0417. The van der Waals surface area contributed by atoms with Crippen LogP contribution in [0.5, 0.6) is 0 Å². The van der Waals surface area contributed by atoms with E-state index >= 15 is 0 Å². The first-order valence-electron chi connectivity index (χ1n) is 17.7. The van der Waals surface area contributed by atoms with Gasteiger partial charge in [0.15, 0.2) is 0 Å². The maximum atomic E-state index is 6.62. The molecule has 51 heavy (non-hydrogen) atoms. The third-order valence-corrected chi connectivity index (χ3v) is 14.4. The lowest BCUT2D eigenvalue weighted by Gasteiger charge is -2.30. The normalized spacial score (nSPS) is 13.1. The van der Waals surface area contributed by atoms with Crippen molar-refractivity contribution in [3.8, 4) is 33.4 Å². The van der Waals surface area contributed by atoms with Crippen molar-refractivity contribution in [2.24, 2.45) is 0 Å². The van der Waals surface area contributed by atoms with Crippen molar-refractivity contribution in [2.75, 3.05) is 4.90 Å². The molecule has 0 unspecified atom stereocenters. The SMILES string of the molecule is C[Si]1(C)c2cc(N(c3ccc(-c4ccccc4)cc3)c3ccccc3-c3cccc4ccccc34)ccc2-c2c1ccc1c2oc2ccccc21. The van der Waals surface area contributed by atoms with Gasteiger partial charge in [0.2, 0.25) is 0 Å². The van der Waals surface area contributed by atoms with Gasteiger partial charge in [0.05, 0.1) is 5.69 Å². The van der Waals surface area contributed by atoms with Gasteiger partial charge in [0.25, 0.3) is 0 Å². The van der Waals surface area contributed by atoms with Gasteiger partial charge in [-0.2, -0.15) is 0 Å². The standard InChI is InChI=1S/C48H35NOSi/c1-51(2)45-30-29-41-40-19-9-11-22-44(40)50-48(41)47(45)42-28-27-36(31-46(42)51)49(35-25-23-33(24-26-35)32-13-4-3-5-14-32)43-21-10-8-18-39(43)38-20-12-16-34-15-6-7-17-37(34)38/h3-31H,1-2H3. The molecule has 0 saturated carbocycles. The van der Waals surface area contributed by atoms with Crippen molar-refractivity contribution in [2.45, 2.75) is 13.1 Å². The van der Waals surface area contributed by atoms with E-state index < -0.39 is 8.07 Å². The molecular formula is C48H35NOSi. The number of rotatable bonds is 5. The Morgan fingerprint density at radius 3 is 1.98 bits per heavy atom. The lowest BCUT2D eigenvalue weighted by atomic mass is 9.96. The zero-order chi connectivity index (χ0) is 34.1. The maximum absolute atomic E-state index is 6.62. The van der Waals surface area contributed by atoms with Crippen LogP contribution in [0.1, 0.15) is 0 Å². The van der Waals surface area contributed by atoms with E-state index in [1.807, 2.05) is 0 Å². The van der Waals surface area contributed by atoms with Crippen LogP contribution in [0.25, 0.3) is 66.1 Å². The number of hydrogen-bond donors (Lipinski definition) is 0. The van der Waals surface area contributed by atoms with Gasteiger partial charge in [0.1, 0.15) is 19.2 Å². The zero-order valence-corrected chi connectivity index (χ0v) is 29.6. The Morgan fingerprint density at radius 2 is 1.12 bits per heavy atom. The first kappa shape index (κ1) is 29.7. The van der Waals surface area contributed by atoms with Crippen LogP contribution in [0, 0.1) is 0 Å². The highest BCUT2D eigenvalue weighted by Gasteiger charge is 2.40. The first-order valence-corrected chi connectivity index (χ1v) is 20.7. The van der Waals surface area contributed by atoms with Crippen LogP contribution in [0.4, 0.5) is 17.1 Å². The molecule has 0 atom stereocenters. The van der Waals surface area contributed by atoms with E-state index in [2.05, 4.69) is 194 Å². The molecule has 0 saturated heterocycles. The molecule has 9 aromatic rings. The molecule has 242 valence electrons. The Balaban J connectivity index is 1.19. The zero-order valence-electron chi connectivity index (χ0n) is 28.6. The largest absolute Gasteiger partial charge is 0.455 e. The van der Waals surface area contributed by atoms with Gasteiger partial charge in [-0.1, -0.05) is 153 Å². The van der Waals surface area contributed by atoms with Crippen LogP contribution in [0.15, 0.2) is 180 Å². The topological polar surface area (TPSA) is 16.4 Å². The third kappa shape index (κ3) is 4.62. The fourth-order valence-electron chi connectivity index (χ4n) is 8.35. The lowest BCUT2D eigenvalue weighted by Crippen LogP contribution is -2.49. The Hall–Kier alpha value is -6.16. The highest BCUT2D eigenvalue weighted by Crippen LogP contribution is 2.45. The van der Waals surface area contributed by atoms with Gasteiger partial charge in [-0.3, -0.25) is 0 Å². The van der Waals surface area contributed by atoms with Gasteiger partial charge in [-0.05, 0) is 79.8 Å². The van der Waals surface area contributed by atoms with Crippen LogP contribution < -0.4 is 15.3 Å². The van der Waals surface area contributed by atoms with E-state index in [0.717, 1.165) is 28.2 Å². The van der Waals surface area contributed by atoms with E-state index in [-0.39, 0.29) is 0 Å². The van der Waals surface area contributed by atoms with Crippen LogP contribution in [0.3, 0.4) is 0 Å². The minimum absolute atomic E-state index is 0.945. The molecule has 0 N–H and O–H groups in total. The summed E-state index contributed by atoms with van der Waals surface area (Å²) in [6.45, 7) is 4.97. The van der Waals surface area contributed by atoms with Gasteiger partial charge < -0.3 is 9.32 Å². The van der Waals surface area contributed by atoms with Crippen molar-refractivity contribution >= 4 is 68.2 Å². The molecule has 8 aromatic carbocycles. The summed E-state index contributed by atoms with van der Waals surface area (Å²) in [6, 6.07) is 64.0. The monoisotopic (exact) mass is 669 g/mol. The highest BCUT2D eigenvalue weighted by atomic mass is 28.3. The van der Waals surface area contributed by atoms with Crippen LogP contribution in [-0.2, 0) is 0 Å². The van der Waals surface area contributed by atoms with Crippen LogP contribution in [0.2, 0.25) is 13.1 Å². The summed E-state index contributed by atoms with van der Waals surface area (Å²) >= 11 is 0. The molecule has 0 spiro atoms. The lowest BCUT2D eigenvalue weighted by molar-refractivity contribution is 0.670. The second kappa shape index (κ2) is 11.4. The number of hydrogen-bond acceptors (Lipinski definition) is 2. The minimum Gasteiger partial charge on any atom is -0.455 e. The van der Waals surface area contributed by atoms with Crippen molar-refractivity contribution in [1.29, 1.82) is 0 Å². The van der Waals surface area contributed by atoms with E-state index in [1.165, 1.54) is 65.3 Å². The summed E-state index contributed by atoms with van der Waals surface area (Å²) in [4.78, 5) is 2.45. The molecule has 3 heteroatoms.